The number of hydrogen-bond acceptors (Lipinski definition) is 1. The molecule has 0 bridgehead atoms. The van der Waals surface area contributed by atoms with Crippen LogP contribution >= 0.6 is 0 Å². The maximum absolute atomic E-state index is 13.7. The predicted octanol–water partition coefficient (Wildman–Crippen LogP) is 4.02. The van der Waals surface area contributed by atoms with Gasteiger partial charge in [0.25, 0.3) is 5.91 Å². The van der Waals surface area contributed by atoms with Crippen molar-refractivity contribution in [2.45, 2.75) is 0 Å². The first-order valence-electron chi connectivity index (χ1n) is 5.58. The average molecular weight is 259 g/mol. The molecule has 0 unspecified atom stereocenters. The third-order valence-electron chi connectivity index (χ3n) is 2.57. The minimum absolute atomic E-state index is 0.00106. The number of halogens is 2. The zero-order valence-electron chi connectivity index (χ0n) is 9.99. The molecule has 0 aliphatic rings. The summed E-state index contributed by atoms with van der Waals surface area (Å²) in [6, 6.07) is 12.1. The van der Waals surface area contributed by atoms with Crippen LogP contribution in [0.15, 0.2) is 55.1 Å². The van der Waals surface area contributed by atoms with Gasteiger partial charge in [0.05, 0.1) is 5.69 Å². The molecule has 96 valence electrons. The van der Waals surface area contributed by atoms with Crippen molar-refractivity contribution in [1.29, 1.82) is 0 Å². The van der Waals surface area contributed by atoms with Gasteiger partial charge in [-0.3, -0.25) is 4.79 Å². The van der Waals surface area contributed by atoms with Crippen molar-refractivity contribution in [3.05, 3.63) is 72.1 Å². The van der Waals surface area contributed by atoms with Gasteiger partial charge in [-0.05, 0) is 30.3 Å². The third-order valence-corrected chi connectivity index (χ3v) is 2.57. The Balaban J connectivity index is 2.20. The van der Waals surface area contributed by atoms with Crippen LogP contribution in [-0.4, -0.2) is 5.91 Å². The molecular weight excluding hydrogens is 248 g/mol. The van der Waals surface area contributed by atoms with Crippen molar-refractivity contribution >= 4 is 17.4 Å². The summed E-state index contributed by atoms with van der Waals surface area (Å²) in [5, 5.41) is 2.43. The van der Waals surface area contributed by atoms with Crippen LogP contribution in [0.5, 0.6) is 0 Å². The van der Waals surface area contributed by atoms with Crippen molar-refractivity contribution in [2.24, 2.45) is 0 Å². The molecule has 0 radical (unpaired) electrons. The highest BCUT2D eigenvalue weighted by Gasteiger charge is 2.10. The first-order valence-corrected chi connectivity index (χ1v) is 5.58. The van der Waals surface area contributed by atoms with E-state index in [4.69, 9.17) is 0 Å². The van der Waals surface area contributed by atoms with Gasteiger partial charge in [-0.1, -0.05) is 24.8 Å². The molecule has 0 saturated carbocycles. The zero-order chi connectivity index (χ0) is 13.8. The lowest BCUT2D eigenvalue weighted by atomic mass is 10.1. The Labute approximate surface area is 109 Å². The van der Waals surface area contributed by atoms with E-state index in [0.29, 0.717) is 5.56 Å². The van der Waals surface area contributed by atoms with Gasteiger partial charge in [0.1, 0.15) is 11.6 Å². The zero-order valence-corrected chi connectivity index (χ0v) is 9.99. The first kappa shape index (κ1) is 13.0. The molecule has 19 heavy (non-hydrogen) atoms. The minimum atomic E-state index is -0.722. The van der Waals surface area contributed by atoms with Crippen LogP contribution in [0.1, 0.15) is 15.9 Å². The fourth-order valence-corrected chi connectivity index (χ4v) is 1.57. The van der Waals surface area contributed by atoms with E-state index in [2.05, 4.69) is 11.9 Å². The van der Waals surface area contributed by atoms with Gasteiger partial charge in [-0.15, -0.1) is 0 Å². The van der Waals surface area contributed by atoms with Crippen LogP contribution in [0.2, 0.25) is 0 Å². The Morgan fingerprint density at radius 1 is 1.05 bits per heavy atom. The second-order valence-corrected chi connectivity index (χ2v) is 3.92. The molecule has 0 spiro atoms. The Morgan fingerprint density at radius 2 is 1.74 bits per heavy atom. The van der Waals surface area contributed by atoms with E-state index in [1.165, 1.54) is 12.1 Å². The average Bonchev–Trinajstić information content (AvgIpc) is 2.41. The van der Waals surface area contributed by atoms with Crippen LogP contribution in [-0.2, 0) is 0 Å². The molecule has 2 rings (SSSR count). The SMILES string of the molecule is C=C(F)c1ccc(NC(=O)c2ccccc2)c(F)c1. The Kier molecular flexibility index (Phi) is 3.71. The number of carbonyl (C=O) groups excluding carboxylic acids is 1. The third kappa shape index (κ3) is 3.04. The summed E-state index contributed by atoms with van der Waals surface area (Å²) in [5.41, 5.74) is 0.468. The number of rotatable bonds is 3. The van der Waals surface area contributed by atoms with E-state index in [-0.39, 0.29) is 11.3 Å². The lowest BCUT2D eigenvalue weighted by Crippen LogP contribution is -2.12. The molecule has 0 aromatic heterocycles. The molecule has 0 heterocycles. The number of hydrogen-bond donors (Lipinski definition) is 1. The van der Waals surface area contributed by atoms with Crippen LogP contribution < -0.4 is 5.32 Å². The van der Waals surface area contributed by atoms with Crippen LogP contribution in [0.4, 0.5) is 14.5 Å². The van der Waals surface area contributed by atoms with Crippen LogP contribution in [0, 0.1) is 5.82 Å². The minimum Gasteiger partial charge on any atom is -0.319 e. The summed E-state index contributed by atoms with van der Waals surface area (Å²) in [7, 11) is 0. The van der Waals surface area contributed by atoms with Crippen LogP contribution in [0.3, 0.4) is 0 Å². The van der Waals surface area contributed by atoms with Gasteiger partial charge < -0.3 is 5.32 Å². The molecule has 2 aromatic rings. The highest BCUT2D eigenvalue weighted by atomic mass is 19.1. The first-order chi connectivity index (χ1) is 9.08. The summed E-state index contributed by atoms with van der Waals surface area (Å²) in [5.74, 6) is -1.85. The summed E-state index contributed by atoms with van der Waals surface area (Å²) < 4.78 is 26.5. The number of anilines is 1. The molecule has 1 amide bonds. The maximum atomic E-state index is 13.7. The monoisotopic (exact) mass is 259 g/mol. The van der Waals surface area contributed by atoms with E-state index < -0.39 is 17.6 Å². The molecule has 4 heteroatoms. The molecular formula is C15H11F2NO. The van der Waals surface area contributed by atoms with Gasteiger partial charge in [0.2, 0.25) is 0 Å². The number of benzene rings is 2. The highest BCUT2D eigenvalue weighted by molar-refractivity contribution is 6.04. The Bertz CT molecular complexity index is 623. The lowest BCUT2D eigenvalue weighted by molar-refractivity contribution is 0.102. The quantitative estimate of drug-likeness (QED) is 0.886. The highest BCUT2D eigenvalue weighted by Crippen LogP contribution is 2.21. The lowest BCUT2D eigenvalue weighted by Gasteiger charge is -2.07. The molecule has 0 fully saturated rings. The molecule has 0 aliphatic heterocycles. The van der Waals surface area contributed by atoms with Gasteiger partial charge >= 0.3 is 0 Å². The fraction of sp³-hybridized carbons (Fsp3) is 0. The smallest absolute Gasteiger partial charge is 0.255 e. The molecule has 0 saturated heterocycles. The number of amides is 1. The molecule has 1 N–H and O–H groups in total. The maximum Gasteiger partial charge on any atom is 0.255 e. The van der Waals surface area contributed by atoms with E-state index in [1.54, 1.807) is 30.3 Å². The Hall–Kier alpha value is -2.49. The van der Waals surface area contributed by atoms with E-state index in [9.17, 15) is 13.6 Å². The molecule has 2 aromatic carbocycles. The van der Waals surface area contributed by atoms with E-state index in [1.807, 2.05) is 0 Å². The van der Waals surface area contributed by atoms with E-state index >= 15 is 0 Å². The van der Waals surface area contributed by atoms with Crippen molar-refractivity contribution in [2.75, 3.05) is 5.32 Å². The molecule has 2 nitrogen and oxygen atoms in total. The Morgan fingerprint density at radius 3 is 2.32 bits per heavy atom. The second kappa shape index (κ2) is 5.44. The normalized spacial score (nSPS) is 10.0. The van der Waals surface area contributed by atoms with Gasteiger partial charge in [-0.25, -0.2) is 8.78 Å². The summed E-state index contributed by atoms with van der Waals surface area (Å²) in [6.07, 6.45) is 0. The fourth-order valence-electron chi connectivity index (χ4n) is 1.57. The predicted molar refractivity (Wildman–Crippen MR) is 70.9 cm³/mol. The summed E-state index contributed by atoms with van der Waals surface area (Å²) in [6.45, 7) is 3.08. The second-order valence-electron chi connectivity index (χ2n) is 3.92. The van der Waals surface area contributed by atoms with E-state index in [0.717, 1.165) is 6.07 Å². The molecule has 0 aliphatic carbocycles. The summed E-state index contributed by atoms with van der Waals surface area (Å²) >= 11 is 0. The van der Waals surface area contributed by atoms with Gasteiger partial charge in [0, 0.05) is 11.1 Å². The van der Waals surface area contributed by atoms with Crippen molar-refractivity contribution in [3.8, 4) is 0 Å². The van der Waals surface area contributed by atoms with Crippen molar-refractivity contribution in [1.82, 2.24) is 0 Å². The van der Waals surface area contributed by atoms with Crippen LogP contribution in [0.25, 0.3) is 5.83 Å². The van der Waals surface area contributed by atoms with Crippen molar-refractivity contribution < 1.29 is 13.6 Å². The largest absolute Gasteiger partial charge is 0.319 e. The standard InChI is InChI=1S/C15H11F2NO/c1-10(16)12-7-8-14(13(17)9-12)18-15(19)11-5-3-2-4-6-11/h2-9H,1H2,(H,18,19). The van der Waals surface area contributed by atoms with Gasteiger partial charge in [0.15, 0.2) is 0 Å². The van der Waals surface area contributed by atoms with Gasteiger partial charge in [-0.2, -0.15) is 0 Å². The molecule has 0 atom stereocenters. The summed E-state index contributed by atoms with van der Waals surface area (Å²) in [4.78, 5) is 11.8. The topological polar surface area (TPSA) is 29.1 Å². The number of nitrogens with one attached hydrogen (secondary N) is 1. The number of carbonyl (C=O) groups is 1. The van der Waals surface area contributed by atoms with Crippen molar-refractivity contribution in [3.63, 3.8) is 0 Å².